The molecule has 344 valence electrons. The first-order chi connectivity index (χ1) is 30.4. The molecule has 3 heterocycles. The lowest BCUT2D eigenvalue weighted by Crippen LogP contribution is -2.58. The summed E-state index contributed by atoms with van der Waals surface area (Å²) in [6.07, 6.45) is 2.48. The number of fused-ring (bicyclic) bond motifs is 1. The summed E-state index contributed by atoms with van der Waals surface area (Å²) in [6, 6.07) is 9.07. The minimum atomic E-state index is -4.47. The number of alkyl carbamates (subject to hydrolysis) is 1. The molecule has 3 fully saturated rings. The van der Waals surface area contributed by atoms with Crippen molar-refractivity contribution in [3.8, 4) is 28.6 Å². The fraction of sp³-hybridized carbons (Fsp3) is 0.500. The molecule has 64 heavy (non-hydrogen) atoms. The molecular weight excluding hydrogens is 863 g/mol. The second-order valence-corrected chi connectivity index (χ2v) is 21.6. The molecule has 4 aromatic rings. The van der Waals surface area contributed by atoms with Crippen LogP contribution < -0.4 is 30.2 Å². The Morgan fingerprint density at radius 3 is 2.47 bits per heavy atom. The first-order valence-electron chi connectivity index (χ1n) is 21.6. The second kappa shape index (κ2) is 18.7. The Kier molecular flexibility index (Phi) is 13.6. The van der Waals surface area contributed by atoms with Gasteiger partial charge in [-0.05, 0) is 75.6 Å². The molecule has 0 bridgehead atoms. The number of methoxy groups -OCH3 is 2. The lowest BCUT2D eigenvalue weighted by atomic mass is 9.85. The van der Waals surface area contributed by atoms with E-state index in [1.807, 2.05) is 25.3 Å². The lowest BCUT2D eigenvalue weighted by Gasteiger charge is -2.36. The van der Waals surface area contributed by atoms with Crippen molar-refractivity contribution in [2.45, 2.75) is 115 Å². The van der Waals surface area contributed by atoms with Gasteiger partial charge in [-0.25, -0.2) is 19.2 Å². The van der Waals surface area contributed by atoms with Gasteiger partial charge in [0.2, 0.25) is 19.2 Å². The van der Waals surface area contributed by atoms with Gasteiger partial charge >= 0.3 is 6.09 Å². The summed E-state index contributed by atoms with van der Waals surface area (Å²) in [5, 5.41) is 10.5. The highest BCUT2D eigenvalue weighted by atomic mass is 32.1. The van der Waals surface area contributed by atoms with Gasteiger partial charge < -0.3 is 44.7 Å². The van der Waals surface area contributed by atoms with Crippen molar-refractivity contribution in [1.82, 2.24) is 25.5 Å². The van der Waals surface area contributed by atoms with Crippen molar-refractivity contribution in [2.75, 3.05) is 26.1 Å². The SMILES string of the molecule is C=C[C@@H]1C[C@]1(NC(=O)[C@@H]1C[C@@H](Oc2cc(-c3csc(NC(C)C)n3)nc3cc(OC)ccc23)CN1C(=O)C(NC(=O)OC1CCCC1)C(C)(C)C)P(=O)(O)Cc1c(F)cccc1OC. The van der Waals surface area contributed by atoms with E-state index in [2.05, 4.69) is 22.5 Å². The van der Waals surface area contributed by atoms with Crippen LogP contribution in [0, 0.1) is 17.2 Å². The average Bonchev–Trinajstić information content (AvgIpc) is 3.63. The summed E-state index contributed by atoms with van der Waals surface area (Å²) >= 11 is 1.44. The number of amides is 3. The summed E-state index contributed by atoms with van der Waals surface area (Å²) in [4.78, 5) is 65.9. The molecule has 18 heteroatoms. The molecule has 7 rings (SSSR count). The Labute approximate surface area is 377 Å². The Balaban J connectivity index is 1.23. The molecular formula is C46H58FN6O9PS. The number of nitrogens with one attached hydrogen (secondary N) is 3. The van der Waals surface area contributed by atoms with E-state index >= 15 is 4.39 Å². The number of halogens is 1. The molecule has 3 amide bonds. The van der Waals surface area contributed by atoms with Crippen molar-refractivity contribution in [2.24, 2.45) is 11.3 Å². The number of hydrogen-bond acceptors (Lipinski definition) is 12. The molecule has 6 atom stereocenters. The molecule has 0 radical (unpaired) electrons. The molecule has 0 spiro atoms. The predicted molar refractivity (Wildman–Crippen MR) is 243 cm³/mol. The van der Waals surface area contributed by atoms with Gasteiger partial charge in [-0.15, -0.1) is 17.9 Å². The average molecular weight is 921 g/mol. The van der Waals surface area contributed by atoms with E-state index in [0.717, 1.165) is 30.8 Å². The minimum Gasteiger partial charge on any atom is -0.497 e. The number of carbonyl (C=O) groups is 3. The maximum atomic E-state index is 15.2. The molecule has 2 unspecified atom stereocenters. The summed E-state index contributed by atoms with van der Waals surface area (Å²) in [5.41, 5.74) is 0.759. The van der Waals surface area contributed by atoms with Crippen molar-refractivity contribution in [3.63, 3.8) is 0 Å². The van der Waals surface area contributed by atoms with Crippen LogP contribution in [0.15, 0.2) is 60.5 Å². The first-order valence-corrected chi connectivity index (χ1v) is 24.3. The van der Waals surface area contributed by atoms with E-state index in [4.69, 9.17) is 28.9 Å². The van der Waals surface area contributed by atoms with Gasteiger partial charge in [0.15, 0.2) is 5.13 Å². The third-order valence-electron chi connectivity index (χ3n) is 12.2. The zero-order chi connectivity index (χ0) is 46.1. The molecule has 2 aromatic heterocycles. The second-order valence-electron chi connectivity index (χ2n) is 18.2. The number of thiazole rings is 1. The number of rotatable bonds is 16. The largest absolute Gasteiger partial charge is 0.497 e. The Bertz CT molecular complexity index is 2460. The monoisotopic (exact) mass is 920 g/mol. The van der Waals surface area contributed by atoms with Crippen LogP contribution in [0.1, 0.15) is 78.7 Å². The lowest BCUT2D eigenvalue weighted by molar-refractivity contribution is -0.142. The van der Waals surface area contributed by atoms with Crippen LogP contribution in [-0.4, -0.2) is 94.0 Å². The number of pyridine rings is 1. The van der Waals surface area contributed by atoms with Crippen LogP contribution in [0.25, 0.3) is 22.3 Å². The fourth-order valence-corrected chi connectivity index (χ4v) is 11.9. The highest BCUT2D eigenvalue weighted by Crippen LogP contribution is 2.71. The third kappa shape index (κ3) is 9.86. The van der Waals surface area contributed by atoms with Crippen molar-refractivity contribution < 1.29 is 47.2 Å². The van der Waals surface area contributed by atoms with E-state index < -0.39 is 72.1 Å². The van der Waals surface area contributed by atoms with Crippen LogP contribution in [0.2, 0.25) is 0 Å². The van der Waals surface area contributed by atoms with Gasteiger partial charge in [-0.3, -0.25) is 14.2 Å². The molecule has 2 saturated carbocycles. The molecule has 4 N–H and O–H groups in total. The topological polar surface area (TPSA) is 191 Å². The van der Waals surface area contributed by atoms with Gasteiger partial charge in [-0.1, -0.05) is 32.9 Å². The van der Waals surface area contributed by atoms with Gasteiger partial charge in [0.05, 0.1) is 38.1 Å². The minimum absolute atomic E-state index is 0.0267. The zero-order valence-corrected chi connectivity index (χ0v) is 39.0. The smallest absolute Gasteiger partial charge is 0.408 e. The standard InChI is InChI=1S/C46H58FN6O9PS/c1-9-27-22-46(27,63(57,58)24-32-33(47)15-12-16-38(32)60-8)52-41(54)37-20-30(23-53(37)42(55)40(45(4,5)6)51-44(56)62-28-13-10-11-14-28)61-39-21-35(36-25-64-43(50-36)48-26(2)3)49-34-19-29(59-7)17-18-31(34)39/h9,12,15-19,21,25-28,30,37,40H,1,10-11,13-14,20,22-24H2,2-8H3,(H,48,50)(H,51,56)(H,52,54)(H,57,58)/t27-,30-,37+,40?,46+/m1/s1. The van der Waals surface area contributed by atoms with E-state index in [9.17, 15) is 23.8 Å². The molecule has 1 aliphatic heterocycles. The molecule has 15 nitrogen and oxygen atoms in total. The quantitative estimate of drug-likeness (QED) is 0.0623. The molecule has 2 aliphatic carbocycles. The summed E-state index contributed by atoms with van der Waals surface area (Å²) in [6.45, 7) is 13.2. The van der Waals surface area contributed by atoms with Gasteiger partial charge in [0.1, 0.15) is 58.3 Å². The van der Waals surface area contributed by atoms with Crippen LogP contribution in [-0.2, 0) is 25.1 Å². The van der Waals surface area contributed by atoms with Crippen molar-refractivity contribution >= 4 is 52.6 Å². The van der Waals surface area contributed by atoms with E-state index in [-0.39, 0.29) is 42.8 Å². The molecule has 2 aromatic carbocycles. The van der Waals surface area contributed by atoms with Gasteiger partial charge in [0, 0.05) is 46.8 Å². The van der Waals surface area contributed by atoms with E-state index in [1.165, 1.54) is 47.6 Å². The Hall–Kier alpha value is -5.25. The maximum absolute atomic E-state index is 15.2. The Morgan fingerprint density at radius 2 is 1.81 bits per heavy atom. The summed E-state index contributed by atoms with van der Waals surface area (Å²) < 4.78 is 53.0. The molecule has 3 aliphatic rings. The number of nitrogens with zero attached hydrogens (tertiary/aromatic N) is 3. The van der Waals surface area contributed by atoms with E-state index in [0.29, 0.717) is 33.8 Å². The van der Waals surface area contributed by atoms with Gasteiger partial charge in [-0.2, -0.15) is 0 Å². The molecule has 1 saturated heterocycles. The predicted octanol–water partition coefficient (Wildman–Crippen LogP) is 8.26. The van der Waals surface area contributed by atoms with Crippen molar-refractivity contribution in [1.29, 1.82) is 0 Å². The summed E-state index contributed by atoms with van der Waals surface area (Å²) in [7, 11) is -1.57. The maximum Gasteiger partial charge on any atom is 0.408 e. The first kappa shape index (κ1) is 46.7. The zero-order valence-electron chi connectivity index (χ0n) is 37.3. The number of carbonyl (C=O) groups excluding carboxylic acids is 3. The van der Waals surface area contributed by atoms with E-state index in [1.54, 1.807) is 46.1 Å². The fourth-order valence-electron chi connectivity index (χ4n) is 8.64. The number of ether oxygens (including phenoxy) is 4. The number of anilines is 1. The van der Waals surface area contributed by atoms with Crippen LogP contribution in [0.4, 0.5) is 14.3 Å². The van der Waals surface area contributed by atoms with Crippen molar-refractivity contribution in [3.05, 3.63) is 71.9 Å². The third-order valence-corrected chi connectivity index (χ3v) is 15.5. The number of hydrogen-bond donors (Lipinski definition) is 4. The van der Waals surface area contributed by atoms with Crippen LogP contribution in [0.5, 0.6) is 17.2 Å². The van der Waals surface area contributed by atoms with Crippen LogP contribution >= 0.6 is 18.7 Å². The summed E-state index contributed by atoms with van der Waals surface area (Å²) in [5.74, 6) is -1.53. The normalized spacial score (nSPS) is 22.4. The van der Waals surface area contributed by atoms with Gasteiger partial charge in [0.25, 0.3) is 0 Å². The number of likely N-dealkylation sites (tertiary alicyclic amines) is 1. The number of aromatic nitrogens is 2. The number of benzene rings is 2. The Morgan fingerprint density at radius 1 is 1.06 bits per heavy atom. The highest BCUT2D eigenvalue weighted by molar-refractivity contribution is 7.59. The van der Waals surface area contributed by atoms with Crippen LogP contribution in [0.3, 0.4) is 0 Å². The highest BCUT2D eigenvalue weighted by Gasteiger charge is 2.66.